The molecule has 112 valence electrons. The monoisotopic (exact) mass is 297 g/mol. The van der Waals surface area contributed by atoms with Gasteiger partial charge in [0, 0.05) is 16.5 Å². The number of carboxylic acids is 1. The number of para-hydroxylation sites is 1. The molecule has 0 aliphatic heterocycles. The van der Waals surface area contributed by atoms with Crippen LogP contribution in [0.25, 0.3) is 22.2 Å². The van der Waals surface area contributed by atoms with E-state index in [0.717, 1.165) is 22.9 Å². The van der Waals surface area contributed by atoms with Crippen LogP contribution in [-0.2, 0) is 17.6 Å². The van der Waals surface area contributed by atoms with Crippen LogP contribution in [0.1, 0.15) is 18.1 Å². The quantitative estimate of drug-likeness (QED) is 0.759. The molecule has 0 amide bonds. The third-order valence-corrected chi connectivity index (χ3v) is 3.88. The lowest BCUT2D eigenvalue weighted by Crippen LogP contribution is -2.01. The van der Waals surface area contributed by atoms with Gasteiger partial charge in [0.1, 0.15) is 5.82 Å². The average Bonchev–Trinajstić information content (AvgIpc) is 2.86. The maximum absolute atomic E-state index is 14.1. The Morgan fingerprint density at radius 3 is 2.64 bits per heavy atom. The van der Waals surface area contributed by atoms with Crippen molar-refractivity contribution in [2.45, 2.75) is 19.8 Å². The van der Waals surface area contributed by atoms with Crippen molar-refractivity contribution in [2.24, 2.45) is 0 Å². The number of aromatic amines is 1. The number of H-pyrrole nitrogens is 1. The van der Waals surface area contributed by atoms with Gasteiger partial charge in [0.05, 0.1) is 12.1 Å². The van der Waals surface area contributed by atoms with Crippen molar-refractivity contribution in [3.05, 3.63) is 59.4 Å². The summed E-state index contributed by atoms with van der Waals surface area (Å²) in [6.45, 7) is 2.04. The highest BCUT2D eigenvalue weighted by Crippen LogP contribution is 2.33. The van der Waals surface area contributed by atoms with Gasteiger partial charge in [-0.25, -0.2) is 4.39 Å². The molecule has 22 heavy (non-hydrogen) atoms. The van der Waals surface area contributed by atoms with Gasteiger partial charge in [0.15, 0.2) is 0 Å². The molecule has 0 spiro atoms. The van der Waals surface area contributed by atoms with Crippen LogP contribution in [0.15, 0.2) is 42.5 Å². The molecule has 0 aliphatic carbocycles. The number of benzene rings is 2. The van der Waals surface area contributed by atoms with Crippen LogP contribution in [0.4, 0.5) is 4.39 Å². The molecule has 0 atom stereocenters. The third kappa shape index (κ3) is 2.37. The summed E-state index contributed by atoms with van der Waals surface area (Å²) < 4.78 is 14.1. The molecule has 1 aromatic heterocycles. The van der Waals surface area contributed by atoms with Gasteiger partial charge in [-0.1, -0.05) is 37.3 Å². The molecular formula is C18H16FNO2. The molecule has 0 bridgehead atoms. The highest BCUT2D eigenvalue weighted by atomic mass is 19.1. The molecule has 0 saturated carbocycles. The maximum Gasteiger partial charge on any atom is 0.307 e. The van der Waals surface area contributed by atoms with Crippen LogP contribution in [-0.4, -0.2) is 16.1 Å². The van der Waals surface area contributed by atoms with Gasteiger partial charge in [-0.3, -0.25) is 4.79 Å². The minimum absolute atomic E-state index is 0.142. The van der Waals surface area contributed by atoms with Gasteiger partial charge in [0.2, 0.25) is 0 Å². The minimum atomic E-state index is -0.930. The van der Waals surface area contributed by atoms with E-state index in [2.05, 4.69) is 4.98 Å². The highest BCUT2D eigenvalue weighted by molar-refractivity contribution is 5.95. The molecule has 3 aromatic rings. The number of aromatic nitrogens is 1. The zero-order valence-electron chi connectivity index (χ0n) is 12.2. The number of hydrogen-bond acceptors (Lipinski definition) is 1. The second-order valence-electron chi connectivity index (χ2n) is 5.22. The van der Waals surface area contributed by atoms with Crippen LogP contribution in [0.3, 0.4) is 0 Å². The van der Waals surface area contributed by atoms with Crippen LogP contribution in [0.5, 0.6) is 0 Å². The lowest BCUT2D eigenvalue weighted by Gasteiger charge is -2.04. The second kappa shape index (κ2) is 5.64. The number of carboxylic acid groups (broad SMARTS) is 1. The van der Waals surface area contributed by atoms with E-state index in [-0.39, 0.29) is 12.2 Å². The lowest BCUT2D eigenvalue weighted by molar-refractivity contribution is -0.136. The summed E-state index contributed by atoms with van der Waals surface area (Å²) in [4.78, 5) is 14.5. The fraction of sp³-hybridized carbons (Fsp3) is 0.167. The van der Waals surface area contributed by atoms with Gasteiger partial charge in [-0.2, -0.15) is 0 Å². The lowest BCUT2D eigenvalue weighted by atomic mass is 10.0. The number of nitrogens with one attached hydrogen (secondary N) is 1. The van der Waals surface area contributed by atoms with Crippen LogP contribution >= 0.6 is 0 Å². The topological polar surface area (TPSA) is 53.1 Å². The third-order valence-electron chi connectivity index (χ3n) is 3.88. The standard InChI is InChI=1S/C18H16FNO2/c1-2-11-6-5-8-12-14(10-16(21)22)18(20-17(11)12)13-7-3-4-9-15(13)19/h3-9,20H,2,10H2,1H3,(H,21,22). The highest BCUT2D eigenvalue weighted by Gasteiger charge is 2.18. The summed E-state index contributed by atoms with van der Waals surface area (Å²) in [5, 5.41) is 10.1. The first-order chi connectivity index (χ1) is 10.6. The summed E-state index contributed by atoms with van der Waals surface area (Å²) in [5.74, 6) is -1.29. The molecular weight excluding hydrogens is 281 g/mol. The number of halogens is 1. The summed E-state index contributed by atoms with van der Waals surface area (Å²) >= 11 is 0. The summed E-state index contributed by atoms with van der Waals surface area (Å²) in [5.41, 5.74) is 3.56. The Kier molecular flexibility index (Phi) is 3.67. The molecule has 0 radical (unpaired) electrons. The number of aliphatic carboxylic acids is 1. The molecule has 2 N–H and O–H groups in total. The van der Waals surface area contributed by atoms with Crippen LogP contribution < -0.4 is 0 Å². The summed E-state index contributed by atoms with van der Waals surface area (Å²) in [6, 6.07) is 12.2. The van der Waals surface area contributed by atoms with E-state index >= 15 is 0 Å². The van der Waals surface area contributed by atoms with Crippen molar-refractivity contribution in [1.29, 1.82) is 0 Å². The smallest absolute Gasteiger partial charge is 0.307 e. The van der Waals surface area contributed by atoms with E-state index in [1.807, 2.05) is 25.1 Å². The van der Waals surface area contributed by atoms with Crippen molar-refractivity contribution in [1.82, 2.24) is 4.98 Å². The van der Waals surface area contributed by atoms with Crippen LogP contribution in [0.2, 0.25) is 0 Å². The number of rotatable bonds is 4. The fourth-order valence-corrected chi connectivity index (χ4v) is 2.86. The van der Waals surface area contributed by atoms with Crippen LogP contribution in [0, 0.1) is 5.82 Å². The van der Waals surface area contributed by atoms with Crippen molar-refractivity contribution in [3.63, 3.8) is 0 Å². The first-order valence-corrected chi connectivity index (χ1v) is 7.21. The Morgan fingerprint density at radius 2 is 1.95 bits per heavy atom. The Labute approximate surface area is 127 Å². The molecule has 0 aliphatic rings. The van der Waals surface area contributed by atoms with Gasteiger partial charge in [-0.15, -0.1) is 0 Å². The van der Waals surface area contributed by atoms with E-state index in [1.165, 1.54) is 6.07 Å². The largest absolute Gasteiger partial charge is 0.481 e. The molecule has 4 heteroatoms. The molecule has 1 heterocycles. The predicted molar refractivity (Wildman–Crippen MR) is 84.4 cm³/mol. The Bertz CT molecular complexity index is 851. The van der Waals surface area contributed by atoms with Crippen molar-refractivity contribution in [2.75, 3.05) is 0 Å². The van der Waals surface area contributed by atoms with Gasteiger partial charge in [-0.05, 0) is 29.7 Å². The molecule has 0 fully saturated rings. The summed E-state index contributed by atoms with van der Waals surface area (Å²) in [7, 11) is 0. The Hall–Kier alpha value is -2.62. The number of carbonyl (C=O) groups is 1. The van der Waals surface area contributed by atoms with Crippen molar-refractivity contribution in [3.8, 4) is 11.3 Å². The molecule has 0 unspecified atom stereocenters. The van der Waals surface area contributed by atoms with E-state index in [9.17, 15) is 14.3 Å². The first kappa shape index (κ1) is 14.3. The fourth-order valence-electron chi connectivity index (χ4n) is 2.86. The first-order valence-electron chi connectivity index (χ1n) is 7.21. The Balaban J connectivity index is 2.33. The number of fused-ring (bicyclic) bond motifs is 1. The van der Waals surface area contributed by atoms with E-state index < -0.39 is 5.97 Å². The van der Waals surface area contributed by atoms with E-state index in [4.69, 9.17) is 0 Å². The van der Waals surface area contributed by atoms with E-state index in [1.54, 1.807) is 18.2 Å². The Morgan fingerprint density at radius 1 is 1.18 bits per heavy atom. The van der Waals surface area contributed by atoms with E-state index in [0.29, 0.717) is 16.8 Å². The second-order valence-corrected chi connectivity index (χ2v) is 5.22. The van der Waals surface area contributed by atoms with Gasteiger partial charge >= 0.3 is 5.97 Å². The number of aryl methyl sites for hydroxylation is 1. The minimum Gasteiger partial charge on any atom is -0.481 e. The predicted octanol–water partition coefficient (Wildman–Crippen LogP) is 4.16. The molecule has 0 saturated heterocycles. The zero-order valence-corrected chi connectivity index (χ0v) is 12.2. The van der Waals surface area contributed by atoms with Crippen molar-refractivity contribution < 1.29 is 14.3 Å². The zero-order chi connectivity index (χ0) is 15.7. The number of hydrogen-bond donors (Lipinski definition) is 2. The SMILES string of the molecule is CCc1cccc2c(CC(=O)O)c(-c3ccccc3F)[nH]c12. The average molecular weight is 297 g/mol. The summed E-state index contributed by atoms with van der Waals surface area (Å²) in [6.07, 6.45) is 0.678. The molecule has 2 aromatic carbocycles. The molecule has 3 rings (SSSR count). The van der Waals surface area contributed by atoms with Gasteiger partial charge < -0.3 is 10.1 Å². The van der Waals surface area contributed by atoms with Gasteiger partial charge in [0.25, 0.3) is 0 Å². The maximum atomic E-state index is 14.1. The normalized spacial score (nSPS) is 11.0. The van der Waals surface area contributed by atoms with Crippen molar-refractivity contribution >= 4 is 16.9 Å². The molecule has 3 nitrogen and oxygen atoms in total.